The fraction of sp³-hybridized carbons (Fsp3) is 0.571. The third-order valence-corrected chi connectivity index (χ3v) is 4.42. The van der Waals surface area contributed by atoms with E-state index in [1.807, 2.05) is 23.1 Å². The number of amides is 1. The third-order valence-electron chi connectivity index (χ3n) is 3.75. The molecule has 1 aliphatic rings. The van der Waals surface area contributed by atoms with Crippen LogP contribution in [0.4, 0.5) is 5.82 Å². The monoisotopic (exact) mass is 342 g/mol. The second-order valence-electron chi connectivity index (χ2n) is 5.93. The molecule has 1 aliphatic heterocycles. The highest BCUT2D eigenvalue weighted by molar-refractivity contribution is 7.88. The summed E-state index contributed by atoms with van der Waals surface area (Å²) in [7, 11) is -1.87. The van der Waals surface area contributed by atoms with Gasteiger partial charge >= 0.3 is 0 Å². The van der Waals surface area contributed by atoms with Crippen LogP contribution in [0.3, 0.4) is 0 Å². The molecule has 0 saturated carbocycles. The molecular weight excluding hydrogens is 320 g/mol. The second kappa shape index (κ2) is 6.81. The Morgan fingerprint density at radius 1 is 1.52 bits per heavy atom. The summed E-state index contributed by atoms with van der Waals surface area (Å²) in [6.45, 7) is 0.855. The maximum absolute atomic E-state index is 11.9. The molecule has 2 heterocycles. The Bertz CT molecular complexity index is 652. The number of anilines is 1. The van der Waals surface area contributed by atoms with Gasteiger partial charge in [-0.1, -0.05) is 6.07 Å². The van der Waals surface area contributed by atoms with Crippen LogP contribution in [0, 0.1) is 0 Å². The van der Waals surface area contributed by atoms with Gasteiger partial charge in [-0.15, -0.1) is 0 Å². The van der Waals surface area contributed by atoms with E-state index in [0.717, 1.165) is 12.1 Å². The van der Waals surface area contributed by atoms with Crippen molar-refractivity contribution in [1.82, 2.24) is 14.6 Å². The van der Waals surface area contributed by atoms with Crippen molar-refractivity contribution in [3.05, 3.63) is 24.4 Å². The Kier molecular flexibility index (Phi) is 5.23. The predicted octanol–water partition coefficient (Wildman–Crippen LogP) is -0.970. The Morgan fingerprint density at radius 2 is 2.26 bits per heavy atom. The standard InChI is InChI=1S/C14H22N4O4S/c1-17(13(19)9-16-23(2,21)22)10-14(20)6-8-18(11-14)12-5-3-4-7-15-12/h3-5,7,16,20H,6,8-11H2,1-2H3. The molecule has 0 radical (unpaired) electrons. The van der Waals surface area contributed by atoms with Crippen molar-refractivity contribution in [2.24, 2.45) is 0 Å². The summed E-state index contributed by atoms with van der Waals surface area (Å²) in [5.41, 5.74) is -1.03. The summed E-state index contributed by atoms with van der Waals surface area (Å²) in [5.74, 6) is 0.399. The lowest BCUT2D eigenvalue weighted by molar-refractivity contribution is -0.131. The van der Waals surface area contributed by atoms with Gasteiger partial charge in [0.2, 0.25) is 15.9 Å². The Morgan fingerprint density at radius 3 is 2.87 bits per heavy atom. The normalized spacial score (nSPS) is 21.4. The van der Waals surface area contributed by atoms with E-state index in [1.54, 1.807) is 13.2 Å². The first-order valence-electron chi connectivity index (χ1n) is 7.25. The summed E-state index contributed by atoms with van der Waals surface area (Å²) < 4.78 is 24.2. The smallest absolute Gasteiger partial charge is 0.237 e. The molecule has 1 saturated heterocycles. The lowest BCUT2D eigenvalue weighted by atomic mass is 10.0. The van der Waals surface area contributed by atoms with Gasteiger partial charge in [-0.05, 0) is 18.6 Å². The highest BCUT2D eigenvalue weighted by atomic mass is 32.2. The molecule has 0 bridgehead atoms. The molecule has 0 aromatic carbocycles. The van der Waals surface area contributed by atoms with Crippen LogP contribution in [-0.4, -0.2) is 74.4 Å². The van der Waals surface area contributed by atoms with Gasteiger partial charge in [0, 0.05) is 26.3 Å². The first kappa shape index (κ1) is 17.6. The zero-order valence-corrected chi connectivity index (χ0v) is 14.1. The Balaban J connectivity index is 1.91. The number of nitrogens with one attached hydrogen (secondary N) is 1. The van der Waals surface area contributed by atoms with Crippen LogP contribution in [-0.2, 0) is 14.8 Å². The minimum Gasteiger partial charge on any atom is -0.386 e. The summed E-state index contributed by atoms with van der Waals surface area (Å²) in [4.78, 5) is 19.5. The molecule has 1 aromatic heterocycles. The fourth-order valence-electron chi connectivity index (χ4n) is 2.58. The van der Waals surface area contributed by atoms with E-state index in [0.29, 0.717) is 19.5 Å². The number of aliphatic hydroxyl groups is 1. The highest BCUT2D eigenvalue weighted by Crippen LogP contribution is 2.25. The average molecular weight is 342 g/mol. The number of sulfonamides is 1. The van der Waals surface area contributed by atoms with Crippen LogP contribution in [0.2, 0.25) is 0 Å². The molecule has 1 aromatic rings. The summed E-state index contributed by atoms with van der Waals surface area (Å²) in [5, 5.41) is 10.7. The van der Waals surface area contributed by atoms with Crippen LogP contribution in [0.5, 0.6) is 0 Å². The predicted molar refractivity (Wildman–Crippen MR) is 86.5 cm³/mol. The van der Waals surface area contributed by atoms with Gasteiger partial charge in [-0.25, -0.2) is 18.1 Å². The van der Waals surface area contributed by atoms with Gasteiger partial charge in [0.1, 0.15) is 11.4 Å². The number of hydrogen-bond acceptors (Lipinski definition) is 6. The summed E-state index contributed by atoms with van der Waals surface area (Å²) >= 11 is 0. The van der Waals surface area contributed by atoms with Gasteiger partial charge in [0.15, 0.2) is 0 Å². The number of nitrogens with zero attached hydrogens (tertiary/aromatic N) is 3. The van der Waals surface area contributed by atoms with E-state index in [2.05, 4.69) is 9.71 Å². The van der Waals surface area contributed by atoms with Crippen LogP contribution in [0.15, 0.2) is 24.4 Å². The molecule has 23 heavy (non-hydrogen) atoms. The van der Waals surface area contributed by atoms with Crippen LogP contribution >= 0.6 is 0 Å². The molecule has 1 unspecified atom stereocenters. The summed E-state index contributed by atoms with van der Waals surface area (Å²) in [6.07, 6.45) is 3.20. The van der Waals surface area contributed by atoms with Gasteiger partial charge in [0.05, 0.1) is 19.3 Å². The number of likely N-dealkylation sites (N-methyl/N-ethyl adjacent to an activating group) is 1. The van der Waals surface area contributed by atoms with E-state index in [4.69, 9.17) is 0 Å². The van der Waals surface area contributed by atoms with Crippen molar-refractivity contribution in [2.75, 3.05) is 44.4 Å². The maximum atomic E-state index is 11.9. The van der Waals surface area contributed by atoms with E-state index in [-0.39, 0.29) is 19.0 Å². The topological polar surface area (TPSA) is 103 Å². The number of pyridine rings is 1. The van der Waals surface area contributed by atoms with E-state index in [9.17, 15) is 18.3 Å². The molecule has 0 spiro atoms. The zero-order valence-electron chi connectivity index (χ0n) is 13.3. The van der Waals surface area contributed by atoms with Crippen molar-refractivity contribution in [3.63, 3.8) is 0 Å². The lowest BCUT2D eigenvalue weighted by Gasteiger charge is -2.29. The molecule has 1 amide bonds. The van der Waals surface area contributed by atoms with E-state index in [1.165, 1.54) is 4.90 Å². The molecule has 128 valence electrons. The van der Waals surface area contributed by atoms with Crippen molar-refractivity contribution in [1.29, 1.82) is 0 Å². The van der Waals surface area contributed by atoms with Crippen LogP contribution < -0.4 is 9.62 Å². The number of carbonyl (C=O) groups excluding carboxylic acids is 1. The maximum Gasteiger partial charge on any atom is 0.237 e. The molecule has 2 rings (SSSR count). The van der Waals surface area contributed by atoms with Crippen molar-refractivity contribution < 1.29 is 18.3 Å². The molecular formula is C14H22N4O4S. The second-order valence-corrected chi connectivity index (χ2v) is 7.76. The number of hydrogen-bond donors (Lipinski definition) is 2. The van der Waals surface area contributed by atoms with Crippen LogP contribution in [0.25, 0.3) is 0 Å². The number of β-amino-alcohol motifs (C(OH)–C–C–N with tert-alkyl or cyclic N) is 1. The van der Waals surface area contributed by atoms with Gasteiger partial charge in [-0.3, -0.25) is 4.79 Å². The molecule has 8 nitrogen and oxygen atoms in total. The zero-order chi connectivity index (χ0) is 17.1. The SMILES string of the molecule is CN(CC1(O)CCN(c2ccccn2)C1)C(=O)CNS(C)(=O)=O. The molecule has 0 aliphatic carbocycles. The number of aromatic nitrogens is 1. The lowest BCUT2D eigenvalue weighted by Crippen LogP contribution is -2.48. The number of rotatable bonds is 6. The Hall–Kier alpha value is -1.71. The fourth-order valence-corrected chi connectivity index (χ4v) is 2.96. The largest absolute Gasteiger partial charge is 0.386 e. The van der Waals surface area contributed by atoms with Gasteiger partial charge < -0.3 is 14.9 Å². The van der Waals surface area contributed by atoms with Gasteiger partial charge in [-0.2, -0.15) is 0 Å². The molecule has 2 N–H and O–H groups in total. The quantitative estimate of drug-likeness (QED) is 0.690. The van der Waals surface area contributed by atoms with Crippen LogP contribution in [0.1, 0.15) is 6.42 Å². The number of carbonyl (C=O) groups is 1. The first-order valence-corrected chi connectivity index (χ1v) is 9.15. The highest BCUT2D eigenvalue weighted by Gasteiger charge is 2.38. The molecule has 1 fully saturated rings. The van der Waals surface area contributed by atoms with E-state index < -0.39 is 15.6 Å². The molecule has 9 heteroatoms. The minimum atomic E-state index is -3.42. The summed E-state index contributed by atoms with van der Waals surface area (Å²) in [6, 6.07) is 5.58. The minimum absolute atomic E-state index is 0.139. The first-order chi connectivity index (χ1) is 10.7. The van der Waals surface area contributed by atoms with Crippen molar-refractivity contribution in [3.8, 4) is 0 Å². The van der Waals surface area contributed by atoms with Crippen molar-refractivity contribution >= 4 is 21.7 Å². The average Bonchev–Trinajstić information content (AvgIpc) is 2.87. The Labute approximate surface area is 136 Å². The third kappa shape index (κ3) is 5.15. The van der Waals surface area contributed by atoms with E-state index >= 15 is 0 Å². The van der Waals surface area contributed by atoms with Crippen molar-refractivity contribution in [2.45, 2.75) is 12.0 Å². The molecule has 1 atom stereocenters. The van der Waals surface area contributed by atoms with Gasteiger partial charge in [0.25, 0.3) is 0 Å².